The van der Waals surface area contributed by atoms with Gasteiger partial charge in [-0.05, 0) is 13.3 Å². The molecule has 1 atom stereocenters. The number of carbonyl (C=O) groups is 2. The molecule has 6 heteroatoms. The number of hydrogen-bond donors (Lipinski definition) is 0. The van der Waals surface area contributed by atoms with Crippen LogP contribution in [0, 0.1) is 0 Å². The molecule has 0 aliphatic rings. The van der Waals surface area contributed by atoms with Crippen LogP contribution in [0.4, 0.5) is 8.78 Å². The summed E-state index contributed by atoms with van der Waals surface area (Å²) < 4.78 is 35.0. The van der Waals surface area contributed by atoms with E-state index in [1.807, 2.05) is 0 Å². The van der Waals surface area contributed by atoms with Crippen molar-refractivity contribution >= 4 is 11.9 Å². The summed E-state index contributed by atoms with van der Waals surface area (Å²) in [7, 11) is 0.837. The summed E-state index contributed by atoms with van der Waals surface area (Å²) in [4.78, 5) is 21.9. The molecule has 0 rings (SSSR count). The maximum atomic E-state index is 13.3. The minimum Gasteiger partial charge on any atom is -0.464 e. The second-order valence-corrected chi connectivity index (χ2v) is 3.20. The zero-order valence-electron chi connectivity index (χ0n) is 9.38. The molecule has 4 nitrogen and oxygen atoms in total. The Labute approximate surface area is 92.2 Å². The first kappa shape index (κ1) is 14.5. The largest absolute Gasteiger partial charge is 0.464 e. The second kappa shape index (κ2) is 5.58. The highest BCUT2D eigenvalue weighted by Gasteiger charge is 2.50. The van der Waals surface area contributed by atoms with E-state index in [0.717, 1.165) is 7.11 Å². The monoisotopic (exact) mass is 236 g/mol. The molecule has 0 heterocycles. The van der Waals surface area contributed by atoms with Gasteiger partial charge in [-0.15, -0.1) is 0 Å². The summed E-state index contributed by atoms with van der Waals surface area (Å²) in [5.41, 5.74) is -0.0147. The highest BCUT2D eigenvalue weighted by Crippen LogP contribution is 2.26. The van der Waals surface area contributed by atoms with Crippen molar-refractivity contribution in [2.45, 2.75) is 32.3 Å². The summed E-state index contributed by atoms with van der Waals surface area (Å²) in [5.74, 6) is -6.54. The van der Waals surface area contributed by atoms with Gasteiger partial charge in [0.25, 0.3) is 0 Å². The predicted octanol–water partition coefficient (Wildman–Crippen LogP) is 1.69. The number of ether oxygens (including phenoxy) is 2. The molecule has 92 valence electrons. The van der Waals surface area contributed by atoms with Crippen molar-refractivity contribution in [1.82, 2.24) is 0 Å². The van der Waals surface area contributed by atoms with E-state index in [2.05, 4.69) is 16.1 Å². The van der Waals surface area contributed by atoms with Crippen LogP contribution in [0.1, 0.15) is 20.3 Å². The lowest BCUT2D eigenvalue weighted by molar-refractivity contribution is -0.194. The Morgan fingerprint density at radius 2 is 1.94 bits per heavy atom. The zero-order valence-corrected chi connectivity index (χ0v) is 9.38. The van der Waals surface area contributed by atoms with Crippen LogP contribution in [0.3, 0.4) is 0 Å². The van der Waals surface area contributed by atoms with Gasteiger partial charge in [-0.1, -0.05) is 13.5 Å². The molecule has 0 spiro atoms. The predicted molar refractivity (Wildman–Crippen MR) is 51.9 cm³/mol. The Bertz CT molecular complexity index is 299. The van der Waals surface area contributed by atoms with E-state index in [9.17, 15) is 18.4 Å². The molecule has 0 fully saturated rings. The molecule has 1 unspecified atom stereocenters. The topological polar surface area (TPSA) is 52.6 Å². The van der Waals surface area contributed by atoms with Crippen molar-refractivity contribution in [1.29, 1.82) is 0 Å². The molecule has 0 aromatic heterocycles. The maximum Gasteiger partial charge on any atom is 0.380 e. The first-order valence-electron chi connectivity index (χ1n) is 4.60. The third-order valence-electron chi connectivity index (χ3n) is 1.83. The molecule has 0 radical (unpaired) electrons. The van der Waals surface area contributed by atoms with Crippen molar-refractivity contribution in [2.75, 3.05) is 7.11 Å². The number of methoxy groups -OCH3 is 1. The van der Waals surface area contributed by atoms with Crippen LogP contribution in [0.25, 0.3) is 0 Å². The van der Waals surface area contributed by atoms with Crippen molar-refractivity contribution < 1.29 is 27.8 Å². The van der Waals surface area contributed by atoms with Crippen LogP contribution in [-0.4, -0.2) is 31.1 Å². The van der Waals surface area contributed by atoms with E-state index >= 15 is 0 Å². The van der Waals surface area contributed by atoms with Gasteiger partial charge in [0.05, 0.1) is 7.11 Å². The number of hydrogen-bond acceptors (Lipinski definition) is 4. The fourth-order valence-electron chi connectivity index (χ4n) is 0.911. The normalized spacial score (nSPS) is 12.8. The number of halogens is 2. The smallest absolute Gasteiger partial charge is 0.380 e. The highest BCUT2D eigenvalue weighted by molar-refractivity contribution is 5.87. The van der Waals surface area contributed by atoms with Gasteiger partial charge in [0.1, 0.15) is 0 Å². The molecule has 0 aliphatic carbocycles. The molecule has 0 aromatic carbocycles. The van der Waals surface area contributed by atoms with Crippen LogP contribution in [0.5, 0.6) is 0 Å². The van der Waals surface area contributed by atoms with E-state index in [1.165, 1.54) is 13.8 Å². The fraction of sp³-hybridized carbons (Fsp3) is 0.600. The van der Waals surface area contributed by atoms with Gasteiger partial charge in [0, 0.05) is 5.57 Å². The lowest BCUT2D eigenvalue weighted by Crippen LogP contribution is -2.44. The highest BCUT2D eigenvalue weighted by atomic mass is 19.3. The first-order chi connectivity index (χ1) is 7.27. The van der Waals surface area contributed by atoms with Crippen molar-refractivity contribution in [3.63, 3.8) is 0 Å². The molecule has 0 aromatic rings. The van der Waals surface area contributed by atoms with Gasteiger partial charge in [-0.25, -0.2) is 9.59 Å². The summed E-state index contributed by atoms with van der Waals surface area (Å²) in [6.07, 6.45) is -2.05. The molecular formula is C10H14F2O4. The Hall–Kier alpha value is -1.46. The third-order valence-corrected chi connectivity index (χ3v) is 1.83. The quantitative estimate of drug-likeness (QED) is 0.538. The van der Waals surface area contributed by atoms with E-state index in [1.54, 1.807) is 0 Å². The summed E-state index contributed by atoms with van der Waals surface area (Å²) in [5, 5.41) is 0. The fourth-order valence-corrected chi connectivity index (χ4v) is 0.911. The van der Waals surface area contributed by atoms with Gasteiger partial charge < -0.3 is 9.47 Å². The molecule has 0 amide bonds. The number of esters is 2. The molecule has 0 saturated carbocycles. The van der Waals surface area contributed by atoms with Gasteiger partial charge in [-0.3, -0.25) is 0 Å². The van der Waals surface area contributed by atoms with Crippen molar-refractivity contribution in [3.8, 4) is 0 Å². The van der Waals surface area contributed by atoms with Crippen molar-refractivity contribution in [2.24, 2.45) is 0 Å². The van der Waals surface area contributed by atoms with E-state index in [4.69, 9.17) is 0 Å². The lowest BCUT2D eigenvalue weighted by atomic mass is 10.1. The average molecular weight is 236 g/mol. The van der Waals surface area contributed by atoms with E-state index in [0.29, 0.717) is 0 Å². The molecule has 0 N–H and O–H groups in total. The minimum atomic E-state index is -3.85. The first-order valence-corrected chi connectivity index (χ1v) is 4.60. The van der Waals surface area contributed by atoms with Crippen LogP contribution in [0.15, 0.2) is 12.2 Å². The average Bonchev–Trinajstić information content (AvgIpc) is 2.23. The number of carbonyl (C=O) groups excluding carboxylic acids is 2. The van der Waals surface area contributed by atoms with Crippen LogP contribution >= 0.6 is 0 Å². The molecular weight excluding hydrogens is 222 g/mol. The Morgan fingerprint density at radius 3 is 2.25 bits per heavy atom. The van der Waals surface area contributed by atoms with Gasteiger partial charge in [0.2, 0.25) is 0 Å². The van der Waals surface area contributed by atoms with Gasteiger partial charge >= 0.3 is 17.9 Å². The van der Waals surface area contributed by atoms with E-state index < -0.39 is 24.0 Å². The van der Waals surface area contributed by atoms with Crippen LogP contribution < -0.4 is 0 Å². The summed E-state index contributed by atoms with van der Waals surface area (Å²) in [6.45, 7) is 5.95. The molecule has 16 heavy (non-hydrogen) atoms. The SMILES string of the molecule is C=C(C)C(=O)OC(CC)C(F)(F)C(=O)OC. The maximum absolute atomic E-state index is 13.3. The Morgan fingerprint density at radius 1 is 1.44 bits per heavy atom. The Balaban J connectivity index is 4.79. The van der Waals surface area contributed by atoms with E-state index in [-0.39, 0.29) is 12.0 Å². The molecule has 0 saturated heterocycles. The molecule has 0 bridgehead atoms. The van der Waals surface area contributed by atoms with Gasteiger partial charge in [0.15, 0.2) is 6.10 Å². The Kier molecular flexibility index (Phi) is 5.07. The zero-order chi connectivity index (χ0) is 12.9. The van der Waals surface area contributed by atoms with Gasteiger partial charge in [-0.2, -0.15) is 8.78 Å². The van der Waals surface area contributed by atoms with Crippen molar-refractivity contribution in [3.05, 3.63) is 12.2 Å². The standard InChI is InChI=1S/C10H14F2O4/c1-5-7(16-8(13)6(2)3)10(11,12)9(14)15-4/h7H,2,5H2,1,3-4H3. The van der Waals surface area contributed by atoms with Crippen LogP contribution in [-0.2, 0) is 19.1 Å². The summed E-state index contributed by atoms with van der Waals surface area (Å²) in [6, 6.07) is 0. The lowest BCUT2D eigenvalue weighted by Gasteiger charge is -2.23. The summed E-state index contributed by atoms with van der Waals surface area (Å²) >= 11 is 0. The third kappa shape index (κ3) is 3.29. The number of alkyl halides is 2. The minimum absolute atomic E-state index is 0.0147. The second-order valence-electron chi connectivity index (χ2n) is 3.20. The molecule has 0 aliphatic heterocycles. The van der Waals surface area contributed by atoms with Crippen LogP contribution in [0.2, 0.25) is 0 Å². The number of rotatable bonds is 5.